The van der Waals surface area contributed by atoms with Crippen molar-refractivity contribution in [2.75, 3.05) is 11.9 Å². The van der Waals surface area contributed by atoms with Crippen LogP contribution in [0.15, 0.2) is 18.2 Å². The van der Waals surface area contributed by atoms with Crippen LogP contribution in [0.2, 0.25) is 0 Å². The molecular weight excluding hydrogens is 285 g/mol. The van der Waals surface area contributed by atoms with Crippen molar-refractivity contribution in [1.82, 2.24) is 5.32 Å². The molecule has 0 aliphatic rings. The van der Waals surface area contributed by atoms with Crippen molar-refractivity contribution >= 4 is 11.7 Å². The third kappa shape index (κ3) is 5.26. The standard InChI is InChI=1S/C14H19F3N2O2/c1-9-4-5-10(14(15,16)17)8-11(9)18-12(21)19-13(2,3)6-7-20/h4-5,8,20H,6-7H2,1-3H3,(H2,18,19,21). The zero-order valence-electron chi connectivity index (χ0n) is 12.1. The Kier molecular flexibility index (Phi) is 5.22. The number of aliphatic hydroxyl groups excluding tert-OH is 1. The Balaban J connectivity index is 2.85. The van der Waals surface area contributed by atoms with Crippen LogP contribution in [0.5, 0.6) is 0 Å². The summed E-state index contributed by atoms with van der Waals surface area (Å²) in [6.07, 6.45) is -4.13. The smallest absolute Gasteiger partial charge is 0.396 e. The van der Waals surface area contributed by atoms with E-state index in [0.717, 1.165) is 12.1 Å². The van der Waals surface area contributed by atoms with Crippen molar-refractivity contribution in [2.24, 2.45) is 0 Å². The molecule has 0 unspecified atom stereocenters. The summed E-state index contributed by atoms with van der Waals surface area (Å²) in [6, 6.07) is 2.55. The van der Waals surface area contributed by atoms with Crippen LogP contribution < -0.4 is 10.6 Å². The highest BCUT2D eigenvalue weighted by molar-refractivity contribution is 5.90. The highest BCUT2D eigenvalue weighted by Gasteiger charge is 2.31. The van der Waals surface area contributed by atoms with Gasteiger partial charge >= 0.3 is 12.2 Å². The maximum atomic E-state index is 12.7. The number of aryl methyl sites for hydroxylation is 1. The van der Waals surface area contributed by atoms with Crippen LogP contribution >= 0.6 is 0 Å². The second kappa shape index (κ2) is 6.34. The molecule has 21 heavy (non-hydrogen) atoms. The van der Waals surface area contributed by atoms with Crippen LogP contribution in [0.1, 0.15) is 31.4 Å². The number of carbonyl (C=O) groups excluding carboxylic acids is 1. The Bertz CT molecular complexity index is 513. The number of hydrogen-bond acceptors (Lipinski definition) is 2. The lowest BCUT2D eigenvalue weighted by Gasteiger charge is -2.25. The summed E-state index contributed by atoms with van der Waals surface area (Å²) >= 11 is 0. The van der Waals surface area contributed by atoms with E-state index in [1.165, 1.54) is 6.07 Å². The first-order chi connectivity index (χ1) is 9.55. The average molecular weight is 304 g/mol. The molecule has 0 atom stereocenters. The first-order valence-corrected chi connectivity index (χ1v) is 6.43. The van der Waals surface area contributed by atoms with Gasteiger partial charge in [-0.15, -0.1) is 0 Å². The van der Waals surface area contributed by atoms with Gasteiger partial charge in [0, 0.05) is 17.8 Å². The second-order valence-corrected chi connectivity index (χ2v) is 5.46. The predicted molar refractivity (Wildman–Crippen MR) is 74.1 cm³/mol. The highest BCUT2D eigenvalue weighted by Crippen LogP contribution is 2.32. The van der Waals surface area contributed by atoms with Gasteiger partial charge in [-0.1, -0.05) is 6.07 Å². The van der Waals surface area contributed by atoms with E-state index in [1.807, 2.05) is 0 Å². The maximum Gasteiger partial charge on any atom is 0.416 e. The van der Waals surface area contributed by atoms with Gasteiger partial charge in [-0.3, -0.25) is 0 Å². The van der Waals surface area contributed by atoms with Gasteiger partial charge in [0.2, 0.25) is 0 Å². The highest BCUT2D eigenvalue weighted by atomic mass is 19.4. The lowest BCUT2D eigenvalue weighted by molar-refractivity contribution is -0.137. The summed E-state index contributed by atoms with van der Waals surface area (Å²) in [5, 5.41) is 13.9. The Morgan fingerprint density at radius 2 is 1.90 bits per heavy atom. The molecule has 1 aromatic rings. The number of halogens is 3. The zero-order chi connectivity index (χ0) is 16.3. The lowest BCUT2D eigenvalue weighted by Crippen LogP contribution is -2.46. The van der Waals surface area contributed by atoms with E-state index >= 15 is 0 Å². The Morgan fingerprint density at radius 1 is 1.29 bits per heavy atom. The molecule has 7 heteroatoms. The summed E-state index contributed by atoms with van der Waals surface area (Å²) in [7, 11) is 0. The first kappa shape index (κ1) is 17.3. The number of benzene rings is 1. The third-order valence-electron chi connectivity index (χ3n) is 3.00. The molecule has 0 heterocycles. The number of aliphatic hydroxyl groups is 1. The summed E-state index contributed by atoms with van der Waals surface area (Å²) < 4.78 is 38.0. The molecule has 0 bridgehead atoms. The molecule has 1 aromatic carbocycles. The third-order valence-corrected chi connectivity index (χ3v) is 3.00. The Hall–Kier alpha value is -1.76. The van der Waals surface area contributed by atoms with E-state index < -0.39 is 23.3 Å². The quantitative estimate of drug-likeness (QED) is 0.799. The molecule has 0 radical (unpaired) electrons. The van der Waals surface area contributed by atoms with Crippen molar-refractivity contribution in [3.63, 3.8) is 0 Å². The fourth-order valence-electron chi connectivity index (χ4n) is 1.74. The van der Waals surface area contributed by atoms with Crippen molar-refractivity contribution in [3.05, 3.63) is 29.3 Å². The van der Waals surface area contributed by atoms with E-state index in [9.17, 15) is 18.0 Å². The first-order valence-electron chi connectivity index (χ1n) is 6.43. The number of carbonyl (C=O) groups is 1. The van der Waals surface area contributed by atoms with Gasteiger partial charge in [0.1, 0.15) is 0 Å². The molecule has 118 valence electrons. The SMILES string of the molecule is Cc1ccc(C(F)(F)F)cc1NC(=O)NC(C)(C)CCO. The van der Waals surface area contributed by atoms with Gasteiger partial charge in [0.15, 0.2) is 0 Å². The molecule has 0 spiro atoms. The topological polar surface area (TPSA) is 61.4 Å². The summed E-state index contributed by atoms with van der Waals surface area (Å²) in [6.45, 7) is 4.92. The number of urea groups is 1. The lowest BCUT2D eigenvalue weighted by atomic mass is 10.0. The summed E-state index contributed by atoms with van der Waals surface area (Å²) in [5.41, 5.74) is -0.854. The van der Waals surface area contributed by atoms with E-state index in [4.69, 9.17) is 5.11 Å². The number of anilines is 1. The number of alkyl halides is 3. The maximum absolute atomic E-state index is 12.7. The molecule has 4 nitrogen and oxygen atoms in total. The minimum atomic E-state index is -4.46. The molecule has 0 aromatic heterocycles. The minimum Gasteiger partial charge on any atom is -0.396 e. The second-order valence-electron chi connectivity index (χ2n) is 5.46. The number of amides is 2. The largest absolute Gasteiger partial charge is 0.416 e. The van der Waals surface area contributed by atoms with Gasteiger partial charge in [-0.05, 0) is 44.9 Å². The van der Waals surface area contributed by atoms with Crippen LogP contribution in [-0.2, 0) is 6.18 Å². The molecule has 0 aliphatic heterocycles. The van der Waals surface area contributed by atoms with Gasteiger partial charge in [-0.25, -0.2) is 4.79 Å². The number of nitrogens with one attached hydrogen (secondary N) is 2. The normalized spacial score (nSPS) is 12.1. The molecule has 0 fully saturated rings. The fourth-order valence-corrected chi connectivity index (χ4v) is 1.74. The van der Waals surface area contributed by atoms with E-state index in [0.29, 0.717) is 12.0 Å². The van der Waals surface area contributed by atoms with Crippen LogP contribution in [0.25, 0.3) is 0 Å². The summed E-state index contributed by atoms with van der Waals surface area (Å²) in [4.78, 5) is 11.8. The molecule has 0 saturated carbocycles. The minimum absolute atomic E-state index is 0.0992. The molecule has 2 amide bonds. The van der Waals surface area contributed by atoms with Crippen LogP contribution in [0.4, 0.5) is 23.7 Å². The van der Waals surface area contributed by atoms with E-state index in [1.54, 1.807) is 20.8 Å². The van der Waals surface area contributed by atoms with Crippen molar-refractivity contribution < 1.29 is 23.1 Å². The molecule has 1 rings (SSSR count). The van der Waals surface area contributed by atoms with Gasteiger partial charge in [-0.2, -0.15) is 13.2 Å². The summed E-state index contributed by atoms with van der Waals surface area (Å²) in [5.74, 6) is 0. The van der Waals surface area contributed by atoms with Crippen LogP contribution in [0, 0.1) is 6.92 Å². The molecule has 0 aliphatic carbocycles. The van der Waals surface area contributed by atoms with Crippen molar-refractivity contribution in [1.29, 1.82) is 0 Å². The monoisotopic (exact) mass is 304 g/mol. The average Bonchev–Trinajstić information content (AvgIpc) is 2.29. The Morgan fingerprint density at radius 3 is 2.43 bits per heavy atom. The van der Waals surface area contributed by atoms with Crippen molar-refractivity contribution in [3.8, 4) is 0 Å². The molecule has 3 N–H and O–H groups in total. The van der Waals surface area contributed by atoms with Gasteiger partial charge in [0.25, 0.3) is 0 Å². The Labute approximate surface area is 121 Å². The van der Waals surface area contributed by atoms with E-state index in [2.05, 4.69) is 10.6 Å². The van der Waals surface area contributed by atoms with Crippen LogP contribution in [-0.4, -0.2) is 23.3 Å². The number of hydrogen-bond donors (Lipinski definition) is 3. The zero-order valence-corrected chi connectivity index (χ0v) is 12.1. The predicted octanol–water partition coefficient (Wildman–Crippen LogP) is 3.30. The van der Waals surface area contributed by atoms with E-state index in [-0.39, 0.29) is 12.3 Å². The van der Waals surface area contributed by atoms with Gasteiger partial charge < -0.3 is 15.7 Å². The van der Waals surface area contributed by atoms with Gasteiger partial charge in [0.05, 0.1) is 5.56 Å². The molecule has 0 saturated heterocycles. The fraction of sp³-hybridized carbons (Fsp3) is 0.500. The molecular formula is C14H19F3N2O2. The number of rotatable bonds is 4. The van der Waals surface area contributed by atoms with Crippen molar-refractivity contribution in [2.45, 2.75) is 38.9 Å². The van der Waals surface area contributed by atoms with Crippen LogP contribution in [0.3, 0.4) is 0 Å².